The van der Waals surface area contributed by atoms with Crippen molar-refractivity contribution >= 4 is 30.7 Å². The Labute approximate surface area is 161 Å². The van der Waals surface area contributed by atoms with Crippen molar-refractivity contribution in [1.82, 2.24) is 0 Å². The van der Waals surface area contributed by atoms with Crippen molar-refractivity contribution < 1.29 is 39.3 Å². The molecule has 0 amide bonds. The molecule has 3 nitrogen and oxygen atoms in total. The molecular weight excluding hydrogens is 430 g/mol. The van der Waals surface area contributed by atoms with Crippen LogP contribution in [0.4, 0.5) is 26.3 Å². The van der Waals surface area contributed by atoms with E-state index in [0.717, 1.165) is 43.1 Å². The number of rotatable bonds is 1. The van der Waals surface area contributed by atoms with Crippen LogP contribution in [0.3, 0.4) is 0 Å². The van der Waals surface area contributed by atoms with Crippen LogP contribution in [0.5, 0.6) is 0 Å². The summed E-state index contributed by atoms with van der Waals surface area (Å²) in [4.78, 5) is 0.637. The van der Waals surface area contributed by atoms with Crippen LogP contribution in [-0.4, -0.2) is 18.5 Å². The first-order valence-corrected chi connectivity index (χ1v) is 11.0. The van der Waals surface area contributed by atoms with Crippen LogP contribution in [0.25, 0.3) is 10.1 Å². The van der Waals surface area contributed by atoms with Crippen molar-refractivity contribution in [2.75, 3.05) is 0 Å². The molecule has 0 radical (unpaired) electrons. The van der Waals surface area contributed by atoms with Gasteiger partial charge in [-0.2, -0.15) is 13.2 Å². The minimum absolute atomic E-state index is 0.126. The zero-order valence-electron chi connectivity index (χ0n) is 14.7. The van der Waals surface area contributed by atoms with Gasteiger partial charge in [0.15, 0.2) is 19.7 Å². The van der Waals surface area contributed by atoms with E-state index in [4.69, 9.17) is 13.0 Å². The highest BCUT2D eigenvalue weighted by atomic mass is 32.2. The van der Waals surface area contributed by atoms with E-state index in [2.05, 4.69) is 0 Å². The van der Waals surface area contributed by atoms with Crippen molar-refractivity contribution in [2.45, 2.75) is 56.0 Å². The van der Waals surface area contributed by atoms with E-state index in [1.165, 1.54) is 0 Å². The van der Waals surface area contributed by atoms with E-state index in [9.17, 15) is 26.3 Å². The maximum Gasteiger partial charge on any atom is 0.600 e. The fourth-order valence-corrected chi connectivity index (χ4v) is 5.46. The Morgan fingerprint density at radius 3 is 2.00 bits per heavy atom. The Morgan fingerprint density at radius 2 is 1.54 bits per heavy atom. The Bertz CT molecular complexity index is 923. The molecule has 1 saturated carbocycles. The van der Waals surface area contributed by atoms with Gasteiger partial charge in [-0.05, 0) is 31.4 Å². The van der Waals surface area contributed by atoms with Crippen LogP contribution in [0.2, 0.25) is 0 Å². The summed E-state index contributed by atoms with van der Waals surface area (Å²) in [5.41, 5.74) is -8.89. The molecule has 0 bridgehead atoms. The van der Waals surface area contributed by atoms with E-state index in [1.807, 2.05) is 25.1 Å². The summed E-state index contributed by atoms with van der Waals surface area (Å²) < 4.78 is 100. The van der Waals surface area contributed by atoms with Crippen molar-refractivity contribution in [1.29, 1.82) is 0 Å². The minimum atomic E-state index is -6.09. The lowest BCUT2D eigenvalue weighted by Gasteiger charge is -2.18. The normalized spacial score (nSPS) is 17.4. The van der Waals surface area contributed by atoms with Crippen LogP contribution < -0.4 is 0 Å². The van der Waals surface area contributed by atoms with Gasteiger partial charge in [-0.15, -0.1) is 13.2 Å². The summed E-state index contributed by atoms with van der Waals surface area (Å²) in [6.07, 6.45) is 5.12. The van der Waals surface area contributed by atoms with Gasteiger partial charge in [0.2, 0.25) is 0 Å². The lowest BCUT2D eigenvalue weighted by Crippen LogP contribution is -2.21. The summed E-state index contributed by atoms with van der Waals surface area (Å²) in [6, 6.07) is 7.28. The molecule has 11 heteroatoms. The third kappa shape index (κ3) is 5.38. The van der Waals surface area contributed by atoms with Crippen molar-refractivity contribution in [3.63, 3.8) is 0 Å². The van der Waals surface area contributed by atoms with Crippen LogP contribution in [-0.2, 0) is 15.6 Å². The topological polar surface area (TPSA) is 57.2 Å². The lowest BCUT2D eigenvalue weighted by atomic mass is 9.88. The summed E-state index contributed by atoms with van der Waals surface area (Å²) >= 11 is 0. The molecule has 28 heavy (non-hydrogen) atoms. The summed E-state index contributed by atoms with van der Waals surface area (Å²) in [5, 5.41) is 0.775. The largest absolute Gasteiger partial charge is 0.741 e. The van der Waals surface area contributed by atoms with Crippen molar-refractivity contribution in [3.8, 4) is 0 Å². The average molecular weight is 448 g/mol. The molecule has 1 fully saturated rings. The molecule has 1 aliphatic carbocycles. The molecule has 1 atom stereocenters. The van der Waals surface area contributed by atoms with Gasteiger partial charge >= 0.3 is 11.0 Å². The third-order valence-electron chi connectivity index (χ3n) is 4.44. The molecule has 0 saturated heterocycles. The van der Waals surface area contributed by atoms with Gasteiger partial charge in [-0.3, -0.25) is 0 Å². The molecule has 1 aromatic heterocycles. The predicted octanol–water partition coefficient (Wildman–Crippen LogP) is 6.47. The molecule has 0 N–H and O–H groups in total. The monoisotopic (exact) mass is 448 g/mol. The summed E-state index contributed by atoms with van der Waals surface area (Å²) in [7, 11) is -7.79. The maximum atomic E-state index is 13.5. The van der Waals surface area contributed by atoms with E-state index in [1.54, 1.807) is 6.07 Å². The minimum Gasteiger partial charge on any atom is -0.741 e. The Kier molecular flexibility index (Phi) is 6.72. The summed E-state index contributed by atoms with van der Waals surface area (Å²) in [5.74, 6) is 0.126. The molecule has 0 spiro atoms. The van der Waals surface area contributed by atoms with Crippen LogP contribution in [0.15, 0.2) is 24.3 Å². The Hall–Kier alpha value is -1.33. The molecule has 3 rings (SSSR count). The molecule has 1 aliphatic rings. The van der Waals surface area contributed by atoms with Gasteiger partial charge in [0.1, 0.15) is 0 Å². The molecule has 1 aromatic carbocycles. The van der Waals surface area contributed by atoms with Gasteiger partial charge in [-0.1, -0.05) is 25.3 Å². The second kappa shape index (κ2) is 8.19. The van der Waals surface area contributed by atoms with Crippen LogP contribution in [0.1, 0.15) is 48.5 Å². The molecule has 1 heterocycles. The third-order valence-corrected chi connectivity index (χ3v) is 7.19. The highest BCUT2D eigenvalue weighted by Gasteiger charge is 2.49. The zero-order valence-corrected chi connectivity index (χ0v) is 16.4. The van der Waals surface area contributed by atoms with E-state index < -0.39 is 31.6 Å². The molecule has 1 unspecified atom stereocenters. The Morgan fingerprint density at radius 1 is 1.00 bits per heavy atom. The number of fused-ring (bicyclic) bond motifs is 1. The zero-order chi connectivity index (χ0) is 21.3. The standard InChI is InChI=1S/C16H18F3S.CHF3O3S/c1-11-7-8-13-10-15(12-5-3-2-4-6-12)20(14(13)9-11)16(17,18)19;2-1(3,4)8(5,6)7/h7-10,12H,2-6H2,1H3;(H,5,6,7)/q+1;/p-1. The van der Waals surface area contributed by atoms with Gasteiger partial charge in [0.25, 0.3) is 0 Å². The van der Waals surface area contributed by atoms with E-state index >= 15 is 0 Å². The molecule has 0 aliphatic heterocycles. The highest BCUT2D eigenvalue weighted by Crippen LogP contribution is 2.55. The Balaban J connectivity index is 0.000000300. The molecule has 2 aromatic rings. The smallest absolute Gasteiger partial charge is 0.600 e. The fraction of sp³-hybridized carbons (Fsp3) is 0.529. The number of hydrogen-bond donors (Lipinski definition) is 0. The quantitative estimate of drug-likeness (QED) is 0.217. The summed E-state index contributed by atoms with van der Waals surface area (Å²) in [6.45, 7) is 1.86. The van der Waals surface area contributed by atoms with Crippen LogP contribution >= 0.6 is 10.5 Å². The highest BCUT2D eigenvalue weighted by molar-refractivity contribution is 7.86. The second-order valence-electron chi connectivity index (χ2n) is 6.57. The number of halogens is 6. The number of aryl methyl sites for hydroxylation is 1. The van der Waals surface area contributed by atoms with Gasteiger partial charge in [0, 0.05) is 23.4 Å². The average Bonchev–Trinajstić information content (AvgIpc) is 2.93. The molecule has 158 valence electrons. The first-order chi connectivity index (χ1) is 12.7. The predicted molar refractivity (Wildman–Crippen MR) is 94.0 cm³/mol. The van der Waals surface area contributed by atoms with E-state index in [-0.39, 0.29) is 5.92 Å². The van der Waals surface area contributed by atoms with Crippen molar-refractivity contribution in [3.05, 3.63) is 34.7 Å². The second-order valence-corrected chi connectivity index (χ2v) is 9.93. The molecular formula is C17H18F6O3S2. The number of thiophene rings is 1. The first-order valence-electron chi connectivity index (χ1n) is 8.37. The fourth-order valence-electron chi connectivity index (χ4n) is 3.21. The van der Waals surface area contributed by atoms with E-state index in [0.29, 0.717) is 9.58 Å². The lowest BCUT2D eigenvalue weighted by molar-refractivity contribution is -0.0868. The van der Waals surface area contributed by atoms with Gasteiger partial charge in [-0.25, -0.2) is 8.42 Å². The van der Waals surface area contributed by atoms with Crippen LogP contribution in [0, 0.1) is 6.92 Å². The number of benzene rings is 1. The van der Waals surface area contributed by atoms with Gasteiger partial charge < -0.3 is 4.55 Å². The maximum absolute atomic E-state index is 13.5. The number of alkyl halides is 6. The van der Waals surface area contributed by atoms with Gasteiger partial charge in [0.05, 0.1) is 10.5 Å². The SMILES string of the molecule is Cc1ccc2cc(C3CCCCC3)[s+](C(F)(F)F)c2c1.O=S(=O)([O-])C(F)(F)F. The first kappa shape index (κ1) is 23.0. The van der Waals surface area contributed by atoms with Crippen molar-refractivity contribution in [2.24, 2.45) is 0 Å². The number of hydrogen-bond acceptors (Lipinski definition) is 3.